The molecule has 1 heterocycles. The molecule has 0 saturated carbocycles. The highest BCUT2D eigenvalue weighted by Crippen LogP contribution is 2.18. The lowest BCUT2D eigenvalue weighted by Crippen LogP contribution is -2.41. The van der Waals surface area contributed by atoms with Crippen LogP contribution in [0.1, 0.15) is 31.7 Å². The minimum absolute atomic E-state index is 0.138. The van der Waals surface area contributed by atoms with Crippen molar-refractivity contribution >= 4 is 6.03 Å². The van der Waals surface area contributed by atoms with E-state index in [9.17, 15) is 9.18 Å². The van der Waals surface area contributed by atoms with E-state index in [2.05, 4.69) is 10.6 Å². The monoisotopic (exact) mass is 310 g/mol. The van der Waals surface area contributed by atoms with Crippen LogP contribution in [-0.4, -0.2) is 31.9 Å². The van der Waals surface area contributed by atoms with Gasteiger partial charge in [-0.3, -0.25) is 0 Å². The summed E-state index contributed by atoms with van der Waals surface area (Å²) in [5.74, 6) is -0.184. The van der Waals surface area contributed by atoms with Crippen molar-refractivity contribution in [2.24, 2.45) is 0 Å². The minimum atomic E-state index is -0.414. The first-order valence-corrected chi connectivity index (χ1v) is 7.72. The van der Waals surface area contributed by atoms with E-state index in [1.54, 1.807) is 19.1 Å². The van der Waals surface area contributed by atoms with Gasteiger partial charge in [-0.2, -0.15) is 0 Å². The first-order chi connectivity index (χ1) is 10.7. The van der Waals surface area contributed by atoms with E-state index in [1.807, 2.05) is 0 Å². The third-order valence-electron chi connectivity index (χ3n) is 3.54. The predicted octanol–water partition coefficient (Wildman–Crippen LogP) is 2.59. The average molecular weight is 310 g/mol. The Bertz CT molecular complexity index is 488. The minimum Gasteiger partial charge on any atom is -0.491 e. The second-order valence-electron chi connectivity index (χ2n) is 5.27. The molecule has 0 spiro atoms. The average Bonchev–Trinajstić information content (AvgIpc) is 2.76. The fraction of sp³-hybridized carbons (Fsp3) is 0.562. The number of nitrogens with one attached hydrogen (secondary N) is 2. The first kappa shape index (κ1) is 16.5. The molecule has 0 radical (unpaired) electrons. The highest BCUT2D eigenvalue weighted by atomic mass is 19.1. The number of hydrogen-bond donors (Lipinski definition) is 2. The Kier molecular flexibility index (Phi) is 6.45. The van der Waals surface area contributed by atoms with Crippen LogP contribution in [0, 0.1) is 5.82 Å². The smallest absolute Gasteiger partial charge is 0.315 e. The zero-order valence-electron chi connectivity index (χ0n) is 12.9. The summed E-state index contributed by atoms with van der Waals surface area (Å²) in [6.45, 7) is 3.93. The van der Waals surface area contributed by atoms with Gasteiger partial charge in [0.2, 0.25) is 0 Å². The Labute approximate surface area is 130 Å². The topological polar surface area (TPSA) is 59.6 Å². The van der Waals surface area contributed by atoms with Crippen LogP contribution >= 0.6 is 0 Å². The number of ether oxygens (including phenoxy) is 2. The second kappa shape index (κ2) is 8.58. The van der Waals surface area contributed by atoms with Gasteiger partial charge in [0.15, 0.2) is 11.6 Å². The maximum absolute atomic E-state index is 13.7. The second-order valence-corrected chi connectivity index (χ2v) is 5.27. The molecule has 6 heteroatoms. The highest BCUT2D eigenvalue weighted by molar-refractivity contribution is 5.74. The van der Waals surface area contributed by atoms with Gasteiger partial charge < -0.3 is 20.1 Å². The van der Waals surface area contributed by atoms with Gasteiger partial charge in [-0.1, -0.05) is 6.07 Å². The number of rotatable bonds is 5. The van der Waals surface area contributed by atoms with Crippen molar-refractivity contribution in [2.45, 2.75) is 38.8 Å². The van der Waals surface area contributed by atoms with Gasteiger partial charge in [-0.15, -0.1) is 0 Å². The Morgan fingerprint density at radius 1 is 1.41 bits per heavy atom. The lowest BCUT2D eigenvalue weighted by atomic mass is 10.1. The van der Waals surface area contributed by atoms with Crippen LogP contribution < -0.4 is 15.4 Å². The molecule has 1 aromatic carbocycles. The molecule has 1 fully saturated rings. The highest BCUT2D eigenvalue weighted by Gasteiger charge is 2.14. The van der Waals surface area contributed by atoms with E-state index in [4.69, 9.17) is 9.47 Å². The van der Waals surface area contributed by atoms with E-state index in [0.717, 1.165) is 25.9 Å². The molecular formula is C16H23FN2O3. The van der Waals surface area contributed by atoms with Crippen molar-refractivity contribution in [3.63, 3.8) is 0 Å². The molecule has 2 rings (SSSR count). The summed E-state index contributed by atoms with van der Waals surface area (Å²) < 4.78 is 24.2. The van der Waals surface area contributed by atoms with E-state index in [-0.39, 0.29) is 24.4 Å². The lowest BCUT2D eigenvalue weighted by molar-refractivity contribution is 0.143. The maximum Gasteiger partial charge on any atom is 0.315 e. The largest absolute Gasteiger partial charge is 0.491 e. The third-order valence-corrected chi connectivity index (χ3v) is 3.54. The fourth-order valence-corrected chi connectivity index (χ4v) is 2.39. The van der Waals surface area contributed by atoms with Gasteiger partial charge in [0.1, 0.15) is 0 Å². The van der Waals surface area contributed by atoms with Gasteiger partial charge in [-0.05, 0) is 43.9 Å². The third kappa shape index (κ3) is 5.18. The van der Waals surface area contributed by atoms with Crippen molar-refractivity contribution in [3.05, 3.63) is 29.6 Å². The number of benzene rings is 1. The van der Waals surface area contributed by atoms with Gasteiger partial charge in [-0.25, -0.2) is 9.18 Å². The van der Waals surface area contributed by atoms with Crippen molar-refractivity contribution in [1.29, 1.82) is 0 Å². The summed E-state index contributed by atoms with van der Waals surface area (Å²) in [5, 5.41) is 5.67. The predicted molar refractivity (Wildman–Crippen MR) is 81.4 cm³/mol. The molecular weight excluding hydrogens is 287 g/mol. The van der Waals surface area contributed by atoms with Gasteiger partial charge in [0.25, 0.3) is 0 Å². The quantitative estimate of drug-likeness (QED) is 0.879. The molecule has 1 aliphatic rings. The number of halogens is 1. The van der Waals surface area contributed by atoms with Crippen LogP contribution in [0.25, 0.3) is 0 Å². The van der Waals surface area contributed by atoms with Crippen LogP contribution in [0.3, 0.4) is 0 Å². The molecule has 5 nitrogen and oxygen atoms in total. The molecule has 0 bridgehead atoms. The number of carbonyl (C=O) groups excluding carboxylic acids is 1. The number of amides is 2. The van der Waals surface area contributed by atoms with Crippen LogP contribution in [0.5, 0.6) is 5.75 Å². The van der Waals surface area contributed by atoms with E-state index in [1.165, 1.54) is 6.07 Å². The molecule has 1 aromatic rings. The zero-order chi connectivity index (χ0) is 15.8. The van der Waals surface area contributed by atoms with Crippen molar-refractivity contribution in [1.82, 2.24) is 10.6 Å². The van der Waals surface area contributed by atoms with E-state index >= 15 is 0 Å². The Hall–Kier alpha value is -1.82. The molecule has 1 atom stereocenters. The summed E-state index contributed by atoms with van der Waals surface area (Å²) in [4.78, 5) is 11.9. The normalized spacial score (nSPS) is 18.4. The summed E-state index contributed by atoms with van der Waals surface area (Å²) >= 11 is 0. The number of urea groups is 1. The van der Waals surface area contributed by atoms with Crippen molar-refractivity contribution in [3.8, 4) is 5.75 Å². The Morgan fingerprint density at radius 3 is 3.05 bits per heavy atom. The van der Waals surface area contributed by atoms with Crippen LogP contribution in [0.15, 0.2) is 18.2 Å². The first-order valence-electron chi connectivity index (χ1n) is 7.72. The Morgan fingerprint density at radius 2 is 2.27 bits per heavy atom. The van der Waals surface area contributed by atoms with Crippen molar-refractivity contribution < 1.29 is 18.7 Å². The number of hydrogen-bond acceptors (Lipinski definition) is 3. The molecule has 2 amide bonds. The number of carbonyl (C=O) groups is 1. The van der Waals surface area contributed by atoms with Gasteiger partial charge in [0, 0.05) is 25.8 Å². The van der Waals surface area contributed by atoms with Crippen LogP contribution in [-0.2, 0) is 11.3 Å². The van der Waals surface area contributed by atoms with E-state index < -0.39 is 5.82 Å². The lowest BCUT2D eigenvalue weighted by Gasteiger charge is -2.16. The SMILES string of the molecule is CCOc1ccc(CNC(=O)NC2CCCOCC2)cc1F. The van der Waals surface area contributed by atoms with Crippen LogP contribution in [0.4, 0.5) is 9.18 Å². The molecule has 0 aliphatic carbocycles. The van der Waals surface area contributed by atoms with Gasteiger partial charge in [0.05, 0.1) is 6.61 Å². The molecule has 122 valence electrons. The van der Waals surface area contributed by atoms with Crippen molar-refractivity contribution in [2.75, 3.05) is 19.8 Å². The molecule has 1 aliphatic heterocycles. The summed E-state index contributed by atoms with van der Waals surface area (Å²) in [5.41, 5.74) is 0.695. The zero-order valence-corrected chi connectivity index (χ0v) is 12.9. The standard InChI is InChI=1S/C16H23FN2O3/c1-2-22-15-6-5-12(10-14(15)17)11-18-16(20)19-13-4-3-8-21-9-7-13/h5-6,10,13H,2-4,7-9,11H2,1H3,(H2,18,19,20). The Balaban J connectivity index is 1.79. The fourth-order valence-electron chi connectivity index (χ4n) is 2.39. The maximum atomic E-state index is 13.7. The molecule has 22 heavy (non-hydrogen) atoms. The van der Waals surface area contributed by atoms with E-state index in [0.29, 0.717) is 18.8 Å². The summed E-state index contributed by atoms with van der Waals surface area (Å²) in [6.07, 6.45) is 2.70. The van der Waals surface area contributed by atoms with Gasteiger partial charge >= 0.3 is 6.03 Å². The summed E-state index contributed by atoms with van der Waals surface area (Å²) in [6, 6.07) is 4.61. The molecule has 1 unspecified atom stereocenters. The molecule has 1 saturated heterocycles. The summed E-state index contributed by atoms with van der Waals surface area (Å²) in [7, 11) is 0. The molecule has 2 N–H and O–H groups in total. The molecule has 0 aromatic heterocycles. The van der Waals surface area contributed by atoms with Crippen LogP contribution in [0.2, 0.25) is 0 Å².